The molecule has 0 unspecified atom stereocenters. The molecule has 2 nitrogen and oxygen atoms in total. The normalized spacial score (nSPS) is 15.3. The number of methoxy groups -OCH3 is 1. The minimum atomic E-state index is 0.566. The lowest BCUT2D eigenvalue weighted by Gasteiger charge is -2.20. The fourth-order valence-electron chi connectivity index (χ4n) is 3.68. The number of hydrogen-bond donors (Lipinski definition) is 0. The van der Waals surface area contributed by atoms with Gasteiger partial charge >= 0.3 is 0 Å². The van der Waals surface area contributed by atoms with Crippen LogP contribution in [-0.2, 0) is 18.0 Å². The van der Waals surface area contributed by atoms with Gasteiger partial charge < -0.3 is 9.47 Å². The van der Waals surface area contributed by atoms with Crippen LogP contribution in [-0.4, -0.2) is 12.4 Å². The Balaban J connectivity index is 1.48. The van der Waals surface area contributed by atoms with Crippen LogP contribution in [0, 0.1) is 0 Å². The van der Waals surface area contributed by atoms with Crippen molar-refractivity contribution in [2.75, 3.05) is 7.11 Å². The maximum atomic E-state index is 5.94. The highest BCUT2D eigenvalue weighted by Gasteiger charge is 2.18. The largest absolute Gasteiger partial charge is 0.496 e. The second kappa shape index (κ2) is 9.13. The van der Waals surface area contributed by atoms with Crippen LogP contribution >= 0.6 is 23.1 Å². The van der Waals surface area contributed by atoms with E-state index in [4.69, 9.17) is 9.47 Å². The quantitative estimate of drug-likeness (QED) is 0.425. The van der Waals surface area contributed by atoms with Crippen LogP contribution in [0.1, 0.15) is 43.2 Å². The maximum absolute atomic E-state index is 5.94. The van der Waals surface area contributed by atoms with Gasteiger partial charge in [-0.05, 0) is 30.5 Å². The van der Waals surface area contributed by atoms with Gasteiger partial charge in [0, 0.05) is 31.2 Å². The smallest absolute Gasteiger partial charge is 0.125 e. The number of ether oxygens (including phenoxy) is 2. The molecule has 0 spiro atoms. The second-order valence-electron chi connectivity index (χ2n) is 7.12. The van der Waals surface area contributed by atoms with Gasteiger partial charge in [-0.3, -0.25) is 0 Å². The standard InChI is InChI=1S/C23H26O2S2/c1-24-21-13-20-22(26-16-23(20)27-19-10-6-3-7-11-19)12-18(21)15-25-14-17-8-4-2-5-9-17/h2,4-5,8-9,12-13,16,19H,3,6-7,10-11,14-15H2,1H3. The molecule has 142 valence electrons. The third kappa shape index (κ3) is 4.68. The van der Waals surface area contributed by atoms with Crippen LogP contribution < -0.4 is 4.74 Å². The topological polar surface area (TPSA) is 18.5 Å². The summed E-state index contributed by atoms with van der Waals surface area (Å²) >= 11 is 3.90. The van der Waals surface area contributed by atoms with Gasteiger partial charge in [-0.1, -0.05) is 49.6 Å². The molecule has 0 N–H and O–H groups in total. The van der Waals surface area contributed by atoms with E-state index in [1.165, 1.54) is 52.6 Å². The summed E-state index contributed by atoms with van der Waals surface area (Å²) in [4.78, 5) is 1.41. The molecule has 2 aromatic carbocycles. The summed E-state index contributed by atoms with van der Waals surface area (Å²) < 4.78 is 13.0. The Morgan fingerprint density at radius 3 is 2.63 bits per heavy atom. The van der Waals surface area contributed by atoms with Gasteiger partial charge in [-0.25, -0.2) is 0 Å². The first-order chi connectivity index (χ1) is 13.3. The maximum Gasteiger partial charge on any atom is 0.125 e. The molecule has 1 aliphatic rings. The summed E-state index contributed by atoms with van der Waals surface area (Å²) in [6.45, 7) is 1.19. The van der Waals surface area contributed by atoms with Crippen molar-refractivity contribution in [3.63, 3.8) is 0 Å². The van der Waals surface area contributed by atoms with Crippen molar-refractivity contribution in [2.45, 2.75) is 55.5 Å². The zero-order valence-electron chi connectivity index (χ0n) is 15.8. The number of benzene rings is 2. The van der Waals surface area contributed by atoms with Crippen LogP contribution in [0.5, 0.6) is 5.75 Å². The fraction of sp³-hybridized carbons (Fsp3) is 0.391. The monoisotopic (exact) mass is 398 g/mol. The number of rotatable bonds is 7. The minimum absolute atomic E-state index is 0.566. The molecule has 4 rings (SSSR count). The van der Waals surface area contributed by atoms with E-state index in [0.717, 1.165) is 16.6 Å². The highest BCUT2D eigenvalue weighted by molar-refractivity contribution is 8.00. The zero-order chi connectivity index (χ0) is 18.5. The van der Waals surface area contributed by atoms with Gasteiger partial charge in [0.2, 0.25) is 0 Å². The Labute approximate surface area is 169 Å². The lowest BCUT2D eigenvalue weighted by atomic mass is 10.0. The van der Waals surface area contributed by atoms with Gasteiger partial charge in [-0.2, -0.15) is 0 Å². The number of fused-ring (bicyclic) bond motifs is 1. The predicted molar refractivity (Wildman–Crippen MR) is 116 cm³/mol. The number of thiophene rings is 1. The average molecular weight is 399 g/mol. The van der Waals surface area contributed by atoms with Crippen LogP contribution in [0.2, 0.25) is 0 Å². The molecular formula is C23H26O2S2. The van der Waals surface area contributed by atoms with E-state index in [-0.39, 0.29) is 0 Å². The van der Waals surface area contributed by atoms with E-state index in [9.17, 15) is 0 Å². The first kappa shape index (κ1) is 18.9. The summed E-state index contributed by atoms with van der Waals surface area (Å²) in [6.07, 6.45) is 6.87. The molecule has 1 heterocycles. The first-order valence-electron chi connectivity index (χ1n) is 9.70. The Hall–Kier alpha value is -1.49. The molecule has 1 saturated carbocycles. The van der Waals surface area contributed by atoms with Gasteiger partial charge in [-0.15, -0.1) is 23.1 Å². The third-order valence-electron chi connectivity index (χ3n) is 5.16. The Bertz CT molecular complexity index is 867. The van der Waals surface area contributed by atoms with E-state index in [0.29, 0.717) is 13.2 Å². The van der Waals surface area contributed by atoms with Crippen LogP contribution in [0.25, 0.3) is 10.1 Å². The lowest BCUT2D eigenvalue weighted by Crippen LogP contribution is -2.07. The van der Waals surface area contributed by atoms with E-state index in [2.05, 4.69) is 41.4 Å². The van der Waals surface area contributed by atoms with Crippen molar-refractivity contribution >= 4 is 33.2 Å². The summed E-state index contributed by atoms with van der Waals surface area (Å²) in [6, 6.07) is 14.8. The fourth-order valence-corrected chi connectivity index (χ4v) is 6.20. The van der Waals surface area contributed by atoms with Crippen molar-refractivity contribution < 1.29 is 9.47 Å². The van der Waals surface area contributed by atoms with Crippen LogP contribution in [0.4, 0.5) is 0 Å². The highest BCUT2D eigenvalue weighted by Crippen LogP contribution is 2.42. The zero-order valence-corrected chi connectivity index (χ0v) is 17.4. The molecule has 0 saturated heterocycles. The third-order valence-corrected chi connectivity index (χ3v) is 7.65. The number of thioether (sulfide) groups is 1. The van der Waals surface area contributed by atoms with Crippen molar-refractivity contribution in [1.29, 1.82) is 0 Å². The molecule has 27 heavy (non-hydrogen) atoms. The Morgan fingerprint density at radius 2 is 1.85 bits per heavy atom. The van der Waals surface area contributed by atoms with Gasteiger partial charge in [0.15, 0.2) is 0 Å². The molecule has 0 atom stereocenters. The van der Waals surface area contributed by atoms with Crippen molar-refractivity contribution in [3.8, 4) is 5.75 Å². The average Bonchev–Trinajstić information content (AvgIpc) is 3.10. The van der Waals surface area contributed by atoms with E-state index in [1.54, 1.807) is 7.11 Å². The van der Waals surface area contributed by atoms with E-state index >= 15 is 0 Å². The Morgan fingerprint density at radius 1 is 1.04 bits per heavy atom. The Kier molecular flexibility index (Phi) is 6.38. The van der Waals surface area contributed by atoms with Crippen LogP contribution in [0.3, 0.4) is 0 Å². The van der Waals surface area contributed by atoms with Crippen molar-refractivity contribution in [1.82, 2.24) is 0 Å². The lowest BCUT2D eigenvalue weighted by molar-refractivity contribution is 0.105. The molecule has 0 bridgehead atoms. The SMILES string of the molecule is COc1cc2c(SC3CCCCC3)csc2cc1COCc1ccccc1. The molecular weight excluding hydrogens is 372 g/mol. The first-order valence-corrected chi connectivity index (χ1v) is 11.5. The van der Waals surface area contributed by atoms with Crippen molar-refractivity contribution in [3.05, 3.63) is 59.0 Å². The molecule has 0 amide bonds. The molecule has 0 radical (unpaired) electrons. The summed E-state index contributed by atoms with van der Waals surface area (Å²) in [5, 5.41) is 4.42. The molecule has 3 aromatic rings. The molecule has 1 fully saturated rings. The van der Waals surface area contributed by atoms with Gasteiger partial charge in [0.05, 0.1) is 20.3 Å². The minimum Gasteiger partial charge on any atom is -0.496 e. The number of hydrogen-bond acceptors (Lipinski definition) is 4. The van der Waals surface area contributed by atoms with Crippen LogP contribution in [0.15, 0.2) is 52.7 Å². The molecule has 0 aliphatic heterocycles. The van der Waals surface area contributed by atoms with Gasteiger partial charge in [0.25, 0.3) is 0 Å². The van der Waals surface area contributed by atoms with Gasteiger partial charge in [0.1, 0.15) is 5.75 Å². The second-order valence-corrected chi connectivity index (χ2v) is 9.37. The summed E-state index contributed by atoms with van der Waals surface area (Å²) in [5.74, 6) is 0.930. The molecule has 1 aromatic heterocycles. The summed E-state index contributed by atoms with van der Waals surface area (Å²) in [5.41, 5.74) is 2.32. The molecule has 4 heteroatoms. The summed E-state index contributed by atoms with van der Waals surface area (Å²) in [7, 11) is 1.75. The highest BCUT2D eigenvalue weighted by atomic mass is 32.2. The molecule has 1 aliphatic carbocycles. The predicted octanol–water partition coefficient (Wildman–Crippen LogP) is 7.05. The van der Waals surface area contributed by atoms with E-state index in [1.807, 2.05) is 29.5 Å². The van der Waals surface area contributed by atoms with Crippen molar-refractivity contribution in [2.24, 2.45) is 0 Å². The van der Waals surface area contributed by atoms with E-state index < -0.39 is 0 Å².